The third-order valence-corrected chi connectivity index (χ3v) is 3.08. The lowest BCUT2D eigenvalue weighted by molar-refractivity contribution is -0.0340. The molecule has 18 heavy (non-hydrogen) atoms. The minimum atomic E-state index is 0.00246. The fourth-order valence-corrected chi connectivity index (χ4v) is 1.92. The maximum atomic E-state index is 12.0. The summed E-state index contributed by atoms with van der Waals surface area (Å²) in [4.78, 5) is 4.66. The second-order valence-electron chi connectivity index (χ2n) is 4.38. The van der Waals surface area contributed by atoms with Crippen molar-refractivity contribution in [2.75, 3.05) is 52.9 Å². The molecule has 0 amide bonds. The summed E-state index contributed by atoms with van der Waals surface area (Å²) in [5, 5.41) is 0. The fourth-order valence-electron chi connectivity index (χ4n) is 1.92. The van der Waals surface area contributed by atoms with Crippen LogP contribution in [0.3, 0.4) is 0 Å². The minimum Gasteiger partial charge on any atom is -0.374 e. The molecular weight excluding hydrogens is 233 g/mol. The van der Waals surface area contributed by atoms with Gasteiger partial charge in [0.05, 0.1) is 19.3 Å². The van der Waals surface area contributed by atoms with Crippen LogP contribution >= 0.6 is 0 Å². The molecule has 1 atom stereocenters. The van der Waals surface area contributed by atoms with Crippen molar-refractivity contribution in [2.45, 2.75) is 33.3 Å². The van der Waals surface area contributed by atoms with Gasteiger partial charge in [0, 0.05) is 13.1 Å². The highest BCUT2D eigenvalue weighted by Gasteiger charge is 2.19. The molecule has 1 aliphatic heterocycles. The summed E-state index contributed by atoms with van der Waals surface area (Å²) < 4.78 is 17.4. The highest BCUT2D eigenvalue weighted by Crippen LogP contribution is 2.05. The van der Waals surface area contributed by atoms with E-state index in [0.29, 0.717) is 6.54 Å². The first-order valence-corrected chi connectivity index (χ1v) is 7.12. The number of nitrogens with one attached hydrogen (secondary N) is 1. The molecule has 110 valence electrons. The monoisotopic (exact) mass is 263 g/mol. The predicted molar refractivity (Wildman–Crippen MR) is 74.4 cm³/mol. The number of hydrogen-bond acceptors (Lipinski definition) is 4. The summed E-state index contributed by atoms with van der Waals surface area (Å²) in [7, 11) is 2.13. The van der Waals surface area contributed by atoms with E-state index in [4.69, 9.17) is 4.74 Å². The van der Waals surface area contributed by atoms with Gasteiger partial charge in [0.15, 0.2) is 0 Å². The van der Waals surface area contributed by atoms with Crippen molar-refractivity contribution in [1.29, 1.82) is 0 Å². The molecule has 1 aliphatic rings. The van der Waals surface area contributed by atoms with Gasteiger partial charge < -0.3 is 9.64 Å². The largest absolute Gasteiger partial charge is 0.374 e. The molecule has 1 unspecified atom stereocenters. The Kier molecular flexibility index (Phi) is 11.7. The van der Waals surface area contributed by atoms with Crippen molar-refractivity contribution in [3.63, 3.8) is 0 Å². The number of nitrogens with zero attached hydrogens (tertiary/aromatic N) is 2. The van der Waals surface area contributed by atoms with E-state index in [-0.39, 0.29) is 6.10 Å². The van der Waals surface area contributed by atoms with Crippen molar-refractivity contribution in [3.05, 3.63) is 0 Å². The van der Waals surface area contributed by atoms with Gasteiger partial charge in [-0.1, -0.05) is 20.8 Å². The molecule has 0 spiro atoms. The first kappa shape index (κ1) is 17.8. The van der Waals surface area contributed by atoms with E-state index in [1.54, 1.807) is 5.54 Å². The highest BCUT2D eigenvalue weighted by atomic mass is 19.2. The van der Waals surface area contributed by atoms with E-state index in [1.165, 1.54) is 6.42 Å². The number of hydrogen-bond donors (Lipinski definition) is 1. The Morgan fingerprint density at radius 1 is 1.44 bits per heavy atom. The molecular formula is C13H30FN3O. The van der Waals surface area contributed by atoms with Gasteiger partial charge in [0.1, 0.15) is 0 Å². The van der Waals surface area contributed by atoms with Crippen LogP contribution in [0.1, 0.15) is 27.2 Å². The van der Waals surface area contributed by atoms with Gasteiger partial charge in [-0.15, -0.1) is 4.48 Å². The molecule has 5 heteroatoms. The Balaban J connectivity index is 0.00000137. The fraction of sp³-hybridized carbons (Fsp3) is 1.00. The van der Waals surface area contributed by atoms with Gasteiger partial charge in [0.2, 0.25) is 0 Å². The van der Waals surface area contributed by atoms with Gasteiger partial charge in [-0.25, -0.2) is 0 Å². The maximum Gasteiger partial charge on any atom is 0.0852 e. The number of rotatable bonds is 7. The Morgan fingerprint density at radius 3 is 2.78 bits per heavy atom. The summed E-state index contributed by atoms with van der Waals surface area (Å²) in [5.41, 5.74) is 1.68. The summed E-state index contributed by atoms with van der Waals surface area (Å²) >= 11 is 0. The lowest BCUT2D eigenvalue weighted by Gasteiger charge is -2.32. The summed E-state index contributed by atoms with van der Waals surface area (Å²) in [6.07, 6.45) is 1.17. The molecule has 4 nitrogen and oxygen atoms in total. The smallest absolute Gasteiger partial charge is 0.0852 e. The SMILES string of the molecule is CC.CCN(C)CCCN1CCOC(CNF)C1. The Bertz CT molecular complexity index is 182. The molecule has 0 radical (unpaired) electrons. The Morgan fingerprint density at radius 2 is 2.17 bits per heavy atom. The van der Waals surface area contributed by atoms with Gasteiger partial charge in [-0.2, -0.15) is 5.54 Å². The van der Waals surface area contributed by atoms with E-state index in [0.717, 1.165) is 39.3 Å². The van der Waals surface area contributed by atoms with Crippen LogP contribution in [0.15, 0.2) is 0 Å². The molecule has 1 rings (SSSR count). The lowest BCUT2D eigenvalue weighted by Crippen LogP contribution is -2.46. The van der Waals surface area contributed by atoms with Crippen LogP contribution in [0.4, 0.5) is 4.48 Å². The predicted octanol–water partition coefficient (Wildman–Crippen LogP) is 1.53. The second-order valence-corrected chi connectivity index (χ2v) is 4.38. The molecule has 1 N–H and O–H groups in total. The van der Waals surface area contributed by atoms with Crippen molar-refractivity contribution in [3.8, 4) is 0 Å². The first-order chi connectivity index (χ1) is 8.76. The van der Waals surface area contributed by atoms with Gasteiger partial charge in [-0.3, -0.25) is 4.90 Å². The van der Waals surface area contributed by atoms with E-state index >= 15 is 0 Å². The van der Waals surface area contributed by atoms with E-state index in [1.807, 2.05) is 13.8 Å². The third kappa shape index (κ3) is 7.97. The van der Waals surface area contributed by atoms with Crippen LogP contribution in [-0.4, -0.2) is 68.8 Å². The molecule has 0 bridgehead atoms. The highest BCUT2D eigenvalue weighted by molar-refractivity contribution is 4.72. The first-order valence-electron chi connectivity index (χ1n) is 7.12. The van der Waals surface area contributed by atoms with Crippen molar-refractivity contribution in [1.82, 2.24) is 15.3 Å². The summed E-state index contributed by atoms with van der Waals surface area (Å²) in [6, 6.07) is 0. The molecule has 0 aromatic rings. The Hall–Kier alpha value is -0.230. The second kappa shape index (κ2) is 11.8. The standard InChI is InChI=1S/C11H24FN3O.C2H6/c1-3-14(2)5-4-6-15-7-8-16-11(10-15)9-13-12;1-2/h11,13H,3-10H2,1-2H3;1-2H3. The van der Waals surface area contributed by atoms with Gasteiger partial charge >= 0.3 is 0 Å². The topological polar surface area (TPSA) is 27.7 Å². The average Bonchev–Trinajstić information content (AvgIpc) is 2.42. The van der Waals surface area contributed by atoms with Gasteiger partial charge in [-0.05, 0) is 33.1 Å². The zero-order valence-corrected chi connectivity index (χ0v) is 12.4. The quantitative estimate of drug-likeness (QED) is 0.705. The van der Waals surface area contributed by atoms with Crippen LogP contribution in [0, 0.1) is 0 Å². The van der Waals surface area contributed by atoms with Crippen LogP contribution < -0.4 is 5.54 Å². The minimum absolute atomic E-state index is 0.00246. The molecule has 1 heterocycles. The van der Waals surface area contributed by atoms with Crippen molar-refractivity contribution < 1.29 is 9.22 Å². The molecule has 0 aromatic carbocycles. The van der Waals surface area contributed by atoms with E-state index < -0.39 is 0 Å². The van der Waals surface area contributed by atoms with Crippen LogP contribution in [0.5, 0.6) is 0 Å². The normalized spacial score (nSPS) is 20.7. The Labute approximate surface area is 111 Å². The van der Waals surface area contributed by atoms with Crippen LogP contribution in [0.25, 0.3) is 0 Å². The lowest BCUT2D eigenvalue weighted by atomic mass is 10.2. The number of morpholine rings is 1. The summed E-state index contributed by atoms with van der Waals surface area (Å²) in [5.74, 6) is 0. The van der Waals surface area contributed by atoms with Crippen LogP contribution in [0.2, 0.25) is 0 Å². The molecule has 1 fully saturated rings. The maximum absolute atomic E-state index is 12.0. The number of ether oxygens (including phenoxy) is 1. The zero-order valence-electron chi connectivity index (χ0n) is 12.4. The summed E-state index contributed by atoms with van der Waals surface area (Å²) in [6.45, 7) is 12.3. The molecule has 0 aromatic heterocycles. The van der Waals surface area contributed by atoms with Crippen LogP contribution in [-0.2, 0) is 4.74 Å². The van der Waals surface area contributed by atoms with E-state index in [9.17, 15) is 4.48 Å². The van der Waals surface area contributed by atoms with Crippen molar-refractivity contribution >= 4 is 0 Å². The number of halogens is 1. The zero-order chi connectivity index (χ0) is 13.8. The molecule has 0 aliphatic carbocycles. The molecule has 1 saturated heterocycles. The van der Waals surface area contributed by atoms with Crippen molar-refractivity contribution in [2.24, 2.45) is 0 Å². The molecule has 0 saturated carbocycles. The van der Waals surface area contributed by atoms with Gasteiger partial charge in [0.25, 0.3) is 0 Å². The third-order valence-electron chi connectivity index (χ3n) is 3.08. The van der Waals surface area contributed by atoms with E-state index in [2.05, 4.69) is 23.8 Å². The average molecular weight is 263 g/mol.